The first-order chi connectivity index (χ1) is 14.1. The summed E-state index contributed by atoms with van der Waals surface area (Å²) in [5.41, 5.74) is 1.24. The van der Waals surface area contributed by atoms with Crippen molar-refractivity contribution >= 4 is 17.9 Å². The minimum atomic E-state index is -0.829. The molecule has 7 nitrogen and oxygen atoms in total. The van der Waals surface area contributed by atoms with E-state index in [-0.39, 0.29) is 0 Å². The number of aromatic nitrogens is 1. The van der Waals surface area contributed by atoms with Crippen LogP contribution in [0.3, 0.4) is 0 Å². The minimum Gasteiger partial charge on any atom is -0.497 e. The van der Waals surface area contributed by atoms with Crippen molar-refractivity contribution in [1.82, 2.24) is 14.8 Å². The Kier molecular flexibility index (Phi) is 8.01. The Balaban J connectivity index is 1.32. The van der Waals surface area contributed by atoms with Gasteiger partial charge in [-0.1, -0.05) is 12.1 Å². The summed E-state index contributed by atoms with van der Waals surface area (Å²) in [4.78, 5) is 20.1. The number of methoxy groups -OCH3 is 1. The van der Waals surface area contributed by atoms with Gasteiger partial charge in [0.2, 0.25) is 5.88 Å². The zero-order valence-electron chi connectivity index (χ0n) is 16.6. The van der Waals surface area contributed by atoms with E-state index < -0.39 is 6.09 Å². The number of benzene rings is 1. The highest BCUT2D eigenvalue weighted by atomic mass is 32.2. The second-order valence-electron chi connectivity index (χ2n) is 6.78. The van der Waals surface area contributed by atoms with E-state index in [2.05, 4.69) is 22.0 Å². The van der Waals surface area contributed by atoms with Crippen molar-refractivity contribution in [3.05, 3.63) is 48.2 Å². The molecule has 0 radical (unpaired) electrons. The molecule has 1 aliphatic rings. The van der Waals surface area contributed by atoms with Crippen LogP contribution in [0.15, 0.2) is 47.5 Å². The van der Waals surface area contributed by atoms with Crippen LogP contribution >= 0.6 is 11.8 Å². The van der Waals surface area contributed by atoms with E-state index in [0.29, 0.717) is 25.6 Å². The first kappa shape index (κ1) is 21.3. The van der Waals surface area contributed by atoms with E-state index in [0.717, 1.165) is 42.5 Å². The van der Waals surface area contributed by atoms with Crippen molar-refractivity contribution in [2.45, 2.75) is 17.1 Å². The van der Waals surface area contributed by atoms with Gasteiger partial charge in [0.25, 0.3) is 0 Å². The fraction of sp³-hybridized carbons (Fsp3) is 0.429. The monoisotopic (exact) mass is 417 g/mol. The van der Waals surface area contributed by atoms with Gasteiger partial charge in [-0.25, -0.2) is 9.78 Å². The summed E-state index contributed by atoms with van der Waals surface area (Å²) in [7, 11) is 1.67. The Morgan fingerprint density at radius 3 is 2.52 bits per heavy atom. The van der Waals surface area contributed by atoms with E-state index in [1.54, 1.807) is 18.9 Å². The lowest BCUT2D eigenvalue weighted by Gasteiger charge is -2.32. The van der Waals surface area contributed by atoms with E-state index >= 15 is 0 Å². The third kappa shape index (κ3) is 6.83. The van der Waals surface area contributed by atoms with Crippen LogP contribution in [-0.2, 0) is 5.75 Å². The average molecular weight is 418 g/mol. The van der Waals surface area contributed by atoms with Crippen molar-refractivity contribution in [3.8, 4) is 11.6 Å². The molecule has 156 valence electrons. The van der Waals surface area contributed by atoms with Crippen LogP contribution in [0.5, 0.6) is 11.6 Å². The first-order valence-electron chi connectivity index (χ1n) is 9.69. The molecule has 1 aliphatic heterocycles. The fourth-order valence-corrected chi connectivity index (χ4v) is 3.87. The third-order valence-electron chi connectivity index (χ3n) is 4.79. The number of hydrogen-bond donors (Lipinski definition) is 1. The number of thioether (sulfide) groups is 1. The van der Waals surface area contributed by atoms with Crippen LogP contribution in [0.2, 0.25) is 0 Å². The van der Waals surface area contributed by atoms with Gasteiger partial charge < -0.3 is 19.5 Å². The number of nitrogens with zero attached hydrogens (tertiary/aromatic N) is 3. The van der Waals surface area contributed by atoms with Gasteiger partial charge in [-0.05, 0) is 30.2 Å². The molecule has 8 heteroatoms. The molecule has 2 heterocycles. The second kappa shape index (κ2) is 10.9. The molecule has 1 N–H and O–H groups in total. The molecule has 0 atom stereocenters. The lowest BCUT2D eigenvalue weighted by Crippen LogP contribution is -2.48. The van der Waals surface area contributed by atoms with Crippen LogP contribution < -0.4 is 9.47 Å². The van der Waals surface area contributed by atoms with Gasteiger partial charge in [0.15, 0.2) is 0 Å². The Labute approximate surface area is 175 Å². The molecule has 1 saturated heterocycles. The summed E-state index contributed by atoms with van der Waals surface area (Å²) < 4.78 is 10.9. The summed E-state index contributed by atoms with van der Waals surface area (Å²) in [5, 5.41) is 8.97. The third-order valence-corrected chi connectivity index (χ3v) is 5.84. The quantitative estimate of drug-likeness (QED) is 0.495. The summed E-state index contributed by atoms with van der Waals surface area (Å²) in [6.07, 6.45) is 1.90. The Bertz CT molecular complexity index is 763. The number of piperazine rings is 1. The molecule has 0 spiro atoms. The van der Waals surface area contributed by atoms with E-state index in [1.807, 2.05) is 30.5 Å². The lowest BCUT2D eigenvalue weighted by molar-refractivity contribution is 0.103. The molecule has 3 rings (SSSR count). The van der Waals surface area contributed by atoms with Crippen LogP contribution in [0, 0.1) is 0 Å². The summed E-state index contributed by atoms with van der Waals surface area (Å²) in [5.74, 6) is 2.38. The van der Waals surface area contributed by atoms with Gasteiger partial charge in [0.1, 0.15) is 5.75 Å². The fourth-order valence-electron chi connectivity index (χ4n) is 3.05. The molecule has 0 bridgehead atoms. The van der Waals surface area contributed by atoms with Crippen molar-refractivity contribution in [2.75, 3.05) is 46.4 Å². The number of rotatable bonds is 9. The van der Waals surface area contributed by atoms with Crippen LogP contribution in [-0.4, -0.2) is 72.4 Å². The van der Waals surface area contributed by atoms with Crippen molar-refractivity contribution < 1.29 is 19.4 Å². The van der Waals surface area contributed by atoms with Crippen molar-refractivity contribution in [3.63, 3.8) is 0 Å². The Morgan fingerprint density at radius 2 is 1.90 bits per heavy atom. The molecule has 0 saturated carbocycles. The molecule has 0 unspecified atom stereocenters. The molecule has 29 heavy (non-hydrogen) atoms. The van der Waals surface area contributed by atoms with Crippen LogP contribution in [0.25, 0.3) is 0 Å². The number of carboxylic acid groups (broad SMARTS) is 1. The standard InChI is InChI=1S/C21H27N3O4S/c1-27-18-5-3-17(4-6-18)16-29-19-7-8-20(22-15-19)28-14-2-9-23-10-12-24(13-11-23)21(25)26/h3-8,15H,2,9-14,16H2,1H3,(H,25,26). The smallest absolute Gasteiger partial charge is 0.407 e. The van der Waals surface area contributed by atoms with Gasteiger partial charge in [-0.15, -0.1) is 11.8 Å². The highest BCUT2D eigenvalue weighted by Crippen LogP contribution is 2.24. The van der Waals surface area contributed by atoms with Crippen LogP contribution in [0.1, 0.15) is 12.0 Å². The normalized spacial score (nSPS) is 14.6. The van der Waals surface area contributed by atoms with Gasteiger partial charge in [0, 0.05) is 55.6 Å². The van der Waals surface area contributed by atoms with Crippen LogP contribution in [0.4, 0.5) is 4.79 Å². The number of hydrogen-bond acceptors (Lipinski definition) is 6. The number of carbonyl (C=O) groups is 1. The summed E-state index contributed by atoms with van der Waals surface area (Å²) in [6, 6.07) is 12.0. The maximum atomic E-state index is 10.9. The second-order valence-corrected chi connectivity index (χ2v) is 7.83. The Morgan fingerprint density at radius 1 is 1.14 bits per heavy atom. The van der Waals surface area contributed by atoms with E-state index in [9.17, 15) is 4.79 Å². The summed E-state index contributed by atoms with van der Waals surface area (Å²) >= 11 is 1.73. The van der Waals surface area contributed by atoms with Crippen molar-refractivity contribution in [2.24, 2.45) is 0 Å². The highest BCUT2D eigenvalue weighted by molar-refractivity contribution is 7.98. The largest absolute Gasteiger partial charge is 0.497 e. The van der Waals surface area contributed by atoms with Gasteiger partial charge in [-0.2, -0.15) is 0 Å². The number of pyridine rings is 1. The predicted molar refractivity (Wildman–Crippen MR) is 113 cm³/mol. The molecule has 1 aromatic heterocycles. The maximum absolute atomic E-state index is 10.9. The van der Waals surface area contributed by atoms with E-state index in [1.165, 1.54) is 10.5 Å². The predicted octanol–water partition coefficient (Wildman–Crippen LogP) is 3.45. The highest BCUT2D eigenvalue weighted by Gasteiger charge is 2.19. The summed E-state index contributed by atoms with van der Waals surface area (Å²) in [6.45, 7) is 4.23. The van der Waals surface area contributed by atoms with Gasteiger partial charge >= 0.3 is 6.09 Å². The zero-order valence-corrected chi connectivity index (χ0v) is 17.4. The molecule has 0 aliphatic carbocycles. The molecule has 1 aromatic carbocycles. The molecule has 1 fully saturated rings. The minimum absolute atomic E-state index is 0.577. The maximum Gasteiger partial charge on any atom is 0.407 e. The van der Waals surface area contributed by atoms with Gasteiger partial charge in [-0.3, -0.25) is 4.90 Å². The first-order valence-corrected chi connectivity index (χ1v) is 10.7. The number of ether oxygens (including phenoxy) is 2. The van der Waals surface area contributed by atoms with Crippen molar-refractivity contribution in [1.29, 1.82) is 0 Å². The Hall–Kier alpha value is -2.45. The average Bonchev–Trinajstić information content (AvgIpc) is 2.77. The van der Waals surface area contributed by atoms with E-state index in [4.69, 9.17) is 14.6 Å². The molecule has 1 amide bonds. The van der Waals surface area contributed by atoms with Gasteiger partial charge in [0.05, 0.1) is 13.7 Å². The lowest BCUT2D eigenvalue weighted by atomic mass is 10.2. The molecular formula is C21H27N3O4S. The zero-order chi connectivity index (χ0) is 20.5. The molecular weight excluding hydrogens is 390 g/mol. The topological polar surface area (TPSA) is 75.1 Å². The SMILES string of the molecule is COc1ccc(CSc2ccc(OCCCN3CCN(C(=O)O)CC3)nc2)cc1. The number of amides is 1. The molecule has 2 aromatic rings.